The molecule has 0 aliphatic rings. The molecule has 0 fully saturated rings. The van der Waals surface area contributed by atoms with Gasteiger partial charge in [-0.05, 0) is 44.2 Å². The fourth-order valence-corrected chi connectivity index (χ4v) is 3.32. The van der Waals surface area contributed by atoms with Crippen molar-refractivity contribution < 1.29 is 13.9 Å². The van der Waals surface area contributed by atoms with E-state index in [9.17, 15) is 9.59 Å². The lowest BCUT2D eigenvalue weighted by Crippen LogP contribution is -2.32. The minimum absolute atomic E-state index is 0.180. The fraction of sp³-hybridized carbons (Fsp3) is 0.190. The van der Waals surface area contributed by atoms with Crippen molar-refractivity contribution in [2.45, 2.75) is 19.9 Å². The summed E-state index contributed by atoms with van der Waals surface area (Å²) in [5.41, 5.74) is 1.60. The number of fused-ring (bicyclic) bond motifs is 2. The monoisotopic (exact) mass is 377 g/mol. The number of carbonyl (C=O) groups excluding carboxylic acids is 1. The third-order valence-corrected chi connectivity index (χ3v) is 4.81. The molecule has 142 valence electrons. The number of benzene rings is 2. The van der Waals surface area contributed by atoms with E-state index >= 15 is 0 Å². The van der Waals surface area contributed by atoms with Crippen LogP contribution in [0, 0.1) is 6.92 Å². The molecule has 1 amide bonds. The zero-order valence-corrected chi connectivity index (χ0v) is 15.7. The molecule has 0 saturated carbocycles. The van der Waals surface area contributed by atoms with Gasteiger partial charge in [-0.15, -0.1) is 0 Å². The molecular weight excluding hydrogens is 358 g/mol. The molecule has 4 rings (SSSR count). The van der Waals surface area contributed by atoms with Gasteiger partial charge in [0, 0.05) is 16.3 Å². The third-order valence-electron chi connectivity index (χ3n) is 4.81. The van der Waals surface area contributed by atoms with Gasteiger partial charge in [-0.1, -0.05) is 12.1 Å². The van der Waals surface area contributed by atoms with Crippen molar-refractivity contribution in [2.75, 3.05) is 7.11 Å². The maximum atomic E-state index is 12.7. The average molecular weight is 377 g/mol. The number of hydrogen-bond acceptors (Lipinski definition) is 5. The highest BCUT2D eigenvalue weighted by atomic mass is 16.5. The summed E-state index contributed by atoms with van der Waals surface area (Å²) in [6.07, 6.45) is 0. The Morgan fingerprint density at radius 3 is 2.79 bits per heavy atom. The molecule has 2 N–H and O–H groups in total. The fourth-order valence-electron chi connectivity index (χ4n) is 3.32. The number of aromatic nitrogens is 2. The van der Waals surface area contributed by atoms with E-state index in [1.165, 1.54) is 0 Å². The highest BCUT2D eigenvalue weighted by molar-refractivity contribution is 5.95. The molecule has 0 aliphatic heterocycles. The molecule has 28 heavy (non-hydrogen) atoms. The van der Waals surface area contributed by atoms with E-state index in [0.29, 0.717) is 22.2 Å². The topological polar surface area (TPSA) is 97.2 Å². The number of methoxy groups -OCH3 is 1. The zero-order valence-electron chi connectivity index (χ0n) is 15.7. The van der Waals surface area contributed by atoms with Crippen molar-refractivity contribution in [3.8, 4) is 5.75 Å². The SMILES string of the molecule is COc1ccc2oc(C(C)NC(=O)c3n[nH]c4ccccc4c3=O)c(C)c2c1. The number of rotatable bonds is 4. The Kier molecular flexibility index (Phi) is 4.35. The first-order valence-electron chi connectivity index (χ1n) is 8.85. The highest BCUT2D eigenvalue weighted by Gasteiger charge is 2.22. The molecule has 4 aromatic rings. The molecule has 0 bridgehead atoms. The molecule has 0 radical (unpaired) electrons. The van der Waals surface area contributed by atoms with Crippen LogP contribution in [0.3, 0.4) is 0 Å². The molecule has 0 aliphatic carbocycles. The number of H-pyrrole nitrogens is 1. The molecule has 0 spiro atoms. The summed E-state index contributed by atoms with van der Waals surface area (Å²) in [5.74, 6) is 0.789. The van der Waals surface area contributed by atoms with E-state index in [0.717, 1.165) is 16.7 Å². The molecule has 7 nitrogen and oxygen atoms in total. The molecule has 2 aromatic carbocycles. The van der Waals surface area contributed by atoms with Gasteiger partial charge >= 0.3 is 0 Å². The van der Waals surface area contributed by atoms with E-state index in [-0.39, 0.29) is 5.69 Å². The van der Waals surface area contributed by atoms with Gasteiger partial charge in [0.05, 0.1) is 18.7 Å². The molecule has 0 saturated heterocycles. The number of ether oxygens (including phenoxy) is 1. The van der Waals surface area contributed by atoms with Crippen LogP contribution in [-0.4, -0.2) is 23.2 Å². The first-order valence-corrected chi connectivity index (χ1v) is 8.85. The Hall–Kier alpha value is -3.61. The summed E-state index contributed by atoms with van der Waals surface area (Å²) in [6.45, 7) is 3.72. The predicted molar refractivity (Wildman–Crippen MR) is 106 cm³/mol. The number of amides is 1. The van der Waals surface area contributed by atoms with E-state index in [1.54, 1.807) is 38.3 Å². The summed E-state index contributed by atoms with van der Waals surface area (Å²) < 4.78 is 11.2. The number of nitrogens with one attached hydrogen (secondary N) is 2. The standard InChI is InChI=1S/C21H19N3O4/c1-11-15-10-13(27-3)8-9-17(15)28-20(11)12(2)22-21(26)18-19(25)14-6-4-5-7-16(14)23-24-18/h4-10,12H,1-3H3,(H,22,26)(H,23,25). The molecule has 1 atom stereocenters. The van der Waals surface area contributed by atoms with Crippen LogP contribution in [0.2, 0.25) is 0 Å². The van der Waals surface area contributed by atoms with E-state index in [2.05, 4.69) is 15.5 Å². The number of furan rings is 1. The number of para-hydroxylation sites is 1. The van der Waals surface area contributed by atoms with Crippen LogP contribution >= 0.6 is 0 Å². The quantitative estimate of drug-likeness (QED) is 0.567. The summed E-state index contributed by atoms with van der Waals surface area (Å²) >= 11 is 0. The molecule has 2 heterocycles. The summed E-state index contributed by atoms with van der Waals surface area (Å²) in [6, 6.07) is 12.0. The van der Waals surface area contributed by atoms with Gasteiger partial charge in [-0.3, -0.25) is 14.7 Å². The first-order chi connectivity index (χ1) is 13.5. The molecule has 7 heteroatoms. The van der Waals surface area contributed by atoms with Crippen LogP contribution in [-0.2, 0) is 0 Å². The molecule has 2 aromatic heterocycles. The van der Waals surface area contributed by atoms with Crippen molar-refractivity contribution in [3.63, 3.8) is 0 Å². The number of aromatic amines is 1. The summed E-state index contributed by atoms with van der Waals surface area (Å²) in [5, 5.41) is 10.8. The van der Waals surface area contributed by atoms with Crippen LogP contribution < -0.4 is 15.5 Å². The Morgan fingerprint density at radius 2 is 2.00 bits per heavy atom. The van der Waals surface area contributed by atoms with Gasteiger partial charge in [0.15, 0.2) is 5.69 Å². The van der Waals surface area contributed by atoms with Gasteiger partial charge in [0.25, 0.3) is 5.91 Å². The largest absolute Gasteiger partial charge is 0.497 e. The van der Waals surface area contributed by atoms with Gasteiger partial charge in [0.1, 0.15) is 17.1 Å². The molecular formula is C21H19N3O4. The minimum atomic E-state index is -0.558. The predicted octanol–water partition coefficient (Wildman–Crippen LogP) is 3.48. The van der Waals surface area contributed by atoms with Crippen molar-refractivity contribution >= 4 is 27.8 Å². The highest BCUT2D eigenvalue weighted by Crippen LogP contribution is 2.31. The van der Waals surface area contributed by atoms with E-state index in [1.807, 2.05) is 25.1 Å². The lowest BCUT2D eigenvalue weighted by molar-refractivity contribution is 0.0928. The van der Waals surface area contributed by atoms with Gasteiger partial charge in [-0.2, -0.15) is 5.10 Å². The zero-order chi connectivity index (χ0) is 19.8. The van der Waals surface area contributed by atoms with Crippen LogP contribution in [0.25, 0.3) is 21.9 Å². The second-order valence-corrected chi connectivity index (χ2v) is 6.60. The van der Waals surface area contributed by atoms with Gasteiger partial charge < -0.3 is 14.5 Å². The van der Waals surface area contributed by atoms with Crippen molar-refractivity contribution in [2.24, 2.45) is 0 Å². The maximum absolute atomic E-state index is 12.7. The second kappa shape index (κ2) is 6.84. The summed E-state index contributed by atoms with van der Waals surface area (Å²) in [7, 11) is 1.61. The van der Waals surface area contributed by atoms with E-state index < -0.39 is 17.4 Å². The van der Waals surface area contributed by atoms with Crippen LogP contribution in [0.15, 0.2) is 51.7 Å². The van der Waals surface area contributed by atoms with Crippen molar-refractivity contribution in [1.82, 2.24) is 15.5 Å². The smallest absolute Gasteiger partial charge is 0.276 e. The summed E-state index contributed by atoms with van der Waals surface area (Å²) in [4.78, 5) is 25.3. The number of nitrogens with zero attached hydrogens (tertiary/aromatic N) is 1. The van der Waals surface area contributed by atoms with Gasteiger partial charge in [0.2, 0.25) is 5.43 Å². The lowest BCUT2D eigenvalue weighted by atomic mass is 10.1. The van der Waals surface area contributed by atoms with Crippen molar-refractivity contribution in [3.05, 3.63) is 69.7 Å². The van der Waals surface area contributed by atoms with Crippen LogP contribution in [0.4, 0.5) is 0 Å². The molecule has 1 unspecified atom stereocenters. The maximum Gasteiger partial charge on any atom is 0.276 e. The number of aryl methyl sites for hydroxylation is 1. The normalized spacial score (nSPS) is 12.2. The third kappa shape index (κ3) is 2.90. The average Bonchev–Trinajstić information content (AvgIpc) is 3.04. The van der Waals surface area contributed by atoms with Gasteiger partial charge in [-0.25, -0.2) is 0 Å². The van der Waals surface area contributed by atoms with Crippen LogP contribution in [0.5, 0.6) is 5.75 Å². The van der Waals surface area contributed by atoms with E-state index in [4.69, 9.17) is 9.15 Å². The Morgan fingerprint density at radius 1 is 1.21 bits per heavy atom. The number of hydrogen-bond donors (Lipinski definition) is 2. The Balaban J connectivity index is 1.65. The second-order valence-electron chi connectivity index (χ2n) is 6.60. The Bertz CT molecular complexity index is 1260. The van der Waals surface area contributed by atoms with Crippen molar-refractivity contribution in [1.29, 1.82) is 0 Å². The minimum Gasteiger partial charge on any atom is -0.497 e. The number of carbonyl (C=O) groups is 1. The Labute approximate surface area is 160 Å². The van der Waals surface area contributed by atoms with Crippen LogP contribution in [0.1, 0.15) is 34.8 Å². The first kappa shape index (κ1) is 17.8. The lowest BCUT2D eigenvalue weighted by Gasteiger charge is -2.12.